The third kappa shape index (κ3) is 2.58. The number of benzene rings is 1. The van der Waals surface area contributed by atoms with Gasteiger partial charge in [-0.1, -0.05) is 41.1 Å². The summed E-state index contributed by atoms with van der Waals surface area (Å²) in [4.78, 5) is 14.9. The van der Waals surface area contributed by atoms with Crippen LogP contribution in [-0.2, 0) is 0 Å². The van der Waals surface area contributed by atoms with Gasteiger partial charge in [0.2, 0.25) is 0 Å². The standard InChI is InChI=1S/C14H11N3O.ClH/c18-14-10-12(11-6-2-1-3-7-11)16-17(14)13-8-4-5-9-15-13;/h1-10,16H;1H. The second kappa shape index (κ2) is 5.54. The fourth-order valence-electron chi connectivity index (χ4n) is 1.86. The molecular formula is C14H12ClN3O. The summed E-state index contributed by atoms with van der Waals surface area (Å²) in [6.07, 6.45) is 1.78. The molecule has 0 radical (unpaired) electrons. The zero-order chi connectivity index (χ0) is 12.4. The molecule has 0 aliphatic carbocycles. The molecule has 2 heterocycles. The topological polar surface area (TPSA) is 51.9 Å². The number of pyridine rings is 1. The van der Waals surface area contributed by atoms with Crippen LogP contribution in [0.1, 0.15) is 0 Å². The Balaban J connectivity index is 0.00000133. The molecule has 3 aromatic rings. The number of aromatic nitrogens is 3. The molecular weight excluding hydrogens is 262 g/mol. The molecule has 0 spiro atoms. The molecule has 0 amide bonds. The fraction of sp³-hybridized carbons (Fsp3) is 0. The molecule has 96 valence electrons. The quantitative estimate of drug-likeness (QED) is 0.617. The van der Waals surface area contributed by atoms with Crippen molar-refractivity contribution in [2.75, 3.05) is 0 Å². The number of H-pyrrole nitrogens is 2. The maximum absolute atomic E-state index is 11.9. The maximum atomic E-state index is 11.9. The Morgan fingerprint density at radius 1 is 1.00 bits per heavy atom. The van der Waals surface area contributed by atoms with E-state index < -0.39 is 0 Å². The van der Waals surface area contributed by atoms with E-state index in [1.54, 1.807) is 12.3 Å². The molecule has 0 unspecified atom stereocenters. The molecule has 2 aromatic heterocycles. The predicted octanol–water partition coefficient (Wildman–Crippen LogP) is -1.35. The van der Waals surface area contributed by atoms with Crippen LogP contribution in [0.15, 0.2) is 65.6 Å². The Labute approximate surface area is 116 Å². The van der Waals surface area contributed by atoms with E-state index in [0.717, 1.165) is 11.3 Å². The Kier molecular flexibility index (Phi) is 3.82. The first-order valence-corrected chi connectivity index (χ1v) is 5.69. The summed E-state index contributed by atoms with van der Waals surface area (Å²) in [5.41, 5.74) is 1.71. The molecule has 4 nitrogen and oxygen atoms in total. The van der Waals surface area contributed by atoms with Gasteiger partial charge in [-0.3, -0.25) is 0 Å². The number of nitrogens with zero attached hydrogens (tertiary/aromatic N) is 1. The summed E-state index contributed by atoms with van der Waals surface area (Å²) in [5, 5.41) is 3.09. The van der Waals surface area contributed by atoms with Crippen LogP contribution in [-0.4, -0.2) is 9.78 Å². The van der Waals surface area contributed by atoms with Gasteiger partial charge >= 0.3 is 11.4 Å². The van der Waals surface area contributed by atoms with Gasteiger partial charge in [-0.25, -0.2) is 14.9 Å². The van der Waals surface area contributed by atoms with Crippen molar-refractivity contribution in [2.24, 2.45) is 0 Å². The van der Waals surface area contributed by atoms with E-state index >= 15 is 0 Å². The van der Waals surface area contributed by atoms with Crippen molar-refractivity contribution >= 4 is 0 Å². The van der Waals surface area contributed by atoms with Crippen LogP contribution < -0.4 is 23.0 Å². The first-order chi connectivity index (χ1) is 8.84. The zero-order valence-corrected chi connectivity index (χ0v) is 10.8. The zero-order valence-electron chi connectivity index (χ0n) is 10.0. The molecule has 3 rings (SSSR count). The third-order valence-corrected chi connectivity index (χ3v) is 2.74. The van der Waals surface area contributed by atoms with Gasteiger partial charge in [0, 0.05) is 11.6 Å². The van der Waals surface area contributed by atoms with E-state index in [2.05, 4.69) is 10.1 Å². The summed E-state index contributed by atoms with van der Waals surface area (Å²) in [7, 11) is 0. The van der Waals surface area contributed by atoms with Crippen LogP contribution in [0.2, 0.25) is 0 Å². The average Bonchev–Trinajstić information content (AvgIpc) is 2.83. The molecule has 0 saturated carbocycles. The second-order valence-corrected chi connectivity index (χ2v) is 3.96. The van der Waals surface area contributed by atoms with Gasteiger partial charge in [-0.15, -0.1) is 0 Å². The molecule has 0 fully saturated rings. The lowest BCUT2D eigenvalue weighted by atomic mass is 10.2. The van der Waals surface area contributed by atoms with Crippen LogP contribution in [0, 0.1) is 0 Å². The summed E-state index contributed by atoms with van der Waals surface area (Å²) < 4.78 is 1.49. The largest absolute Gasteiger partial charge is 1.00 e. The smallest absolute Gasteiger partial charge is 0.359 e. The molecule has 2 N–H and O–H groups in total. The van der Waals surface area contributed by atoms with E-state index in [-0.39, 0.29) is 18.0 Å². The molecule has 5 heteroatoms. The number of rotatable bonds is 2. The van der Waals surface area contributed by atoms with Crippen molar-refractivity contribution in [3.63, 3.8) is 0 Å². The average molecular weight is 274 g/mol. The summed E-state index contributed by atoms with van der Waals surface area (Å²) in [5.74, 6) is 0.713. The van der Waals surface area contributed by atoms with E-state index in [9.17, 15) is 4.79 Å². The van der Waals surface area contributed by atoms with Crippen LogP contribution in [0.4, 0.5) is 0 Å². The van der Waals surface area contributed by atoms with Gasteiger partial charge in [0.05, 0.1) is 18.0 Å². The van der Waals surface area contributed by atoms with Crippen molar-refractivity contribution in [3.05, 3.63) is 71.1 Å². The first kappa shape index (κ1) is 13.1. The van der Waals surface area contributed by atoms with Crippen molar-refractivity contribution in [1.82, 2.24) is 9.78 Å². The highest BCUT2D eigenvalue weighted by atomic mass is 35.5. The van der Waals surface area contributed by atoms with E-state index in [1.807, 2.05) is 48.5 Å². The Bertz CT molecular complexity index is 704. The highest BCUT2D eigenvalue weighted by Crippen LogP contribution is 2.14. The Morgan fingerprint density at radius 3 is 2.42 bits per heavy atom. The predicted molar refractivity (Wildman–Crippen MR) is 68.4 cm³/mol. The van der Waals surface area contributed by atoms with Gasteiger partial charge < -0.3 is 12.4 Å². The molecule has 0 atom stereocenters. The molecule has 0 bridgehead atoms. The fourth-order valence-corrected chi connectivity index (χ4v) is 1.86. The van der Waals surface area contributed by atoms with E-state index in [4.69, 9.17) is 0 Å². The van der Waals surface area contributed by atoms with Gasteiger partial charge in [-0.2, -0.15) is 0 Å². The summed E-state index contributed by atoms with van der Waals surface area (Å²) in [6, 6.07) is 16.9. The lowest BCUT2D eigenvalue weighted by Gasteiger charge is -1.94. The Hall–Kier alpha value is -2.33. The third-order valence-electron chi connectivity index (χ3n) is 2.74. The van der Waals surface area contributed by atoms with Crippen LogP contribution in [0.25, 0.3) is 17.1 Å². The van der Waals surface area contributed by atoms with Gasteiger partial charge in [-0.05, 0) is 6.07 Å². The number of aromatic amines is 2. The summed E-state index contributed by atoms with van der Waals surface area (Å²) in [6.45, 7) is 0. The minimum atomic E-state index is -0.0868. The molecule has 0 aliphatic heterocycles. The van der Waals surface area contributed by atoms with Crippen LogP contribution in [0.3, 0.4) is 0 Å². The van der Waals surface area contributed by atoms with Gasteiger partial charge in [0.1, 0.15) is 0 Å². The van der Waals surface area contributed by atoms with E-state index in [1.165, 1.54) is 4.68 Å². The minimum absolute atomic E-state index is 0. The van der Waals surface area contributed by atoms with Gasteiger partial charge in [0.25, 0.3) is 0 Å². The van der Waals surface area contributed by atoms with Gasteiger partial charge in [0.15, 0.2) is 0 Å². The number of halogens is 1. The Morgan fingerprint density at radius 2 is 1.74 bits per heavy atom. The second-order valence-electron chi connectivity index (χ2n) is 3.96. The first-order valence-electron chi connectivity index (χ1n) is 5.69. The highest BCUT2D eigenvalue weighted by molar-refractivity contribution is 5.58. The van der Waals surface area contributed by atoms with Crippen LogP contribution in [0.5, 0.6) is 0 Å². The van der Waals surface area contributed by atoms with Crippen molar-refractivity contribution in [3.8, 4) is 17.1 Å². The molecule has 0 saturated heterocycles. The maximum Gasteiger partial charge on any atom is 0.359 e. The monoisotopic (exact) mass is 273 g/mol. The number of hydrogen-bond donors (Lipinski definition) is 1. The number of nitrogens with one attached hydrogen (secondary N) is 2. The number of hydrogen-bond acceptors (Lipinski definition) is 1. The van der Waals surface area contributed by atoms with Crippen molar-refractivity contribution < 1.29 is 17.4 Å². The lowest BCUT2D eigenvalue weighted by molar-refractivity contribution is -0.374. The lowest BCUT2D eigenvalue weighted by Crippen LogP contribution is -3.00. The SMILES string of the molecule is O=c1cc(-c2ccccc2)[nH]n1-c1cccc[nH+]1.[Cl-]. The van der Waals surface area contributed by atoms with E-state index in [0.29, 0.717) is 5.82 Å². The molecule has 1 aromatic carbocycles. The molecule has 19 heavy (non-hydrogen) atoms. The highest BCUT2D eigenvalue weighted by Gasteiger charge is 2.13. The summed E-state index contributed by atoms with van der Waals surface area (Å²) >= 11 is 0. The minimum Gasteiger partial charge on any atom is -1.00 e. The van der Waals surface area contributed by atoms with Crippen molar-refractivity contribution in [2.45, 2.75) is 0 Å². The normalized spacial score (nSPS) is 9.89. The molecule has 0 aliphatic rings. The van der Waals surface area contributed by atoms with Crippen LogP contribution >= 0.6 is 0 Å². The van der Waals surface area contributed by atoms with Crippen molar-refractivity contribution in [1.29, 1.82) is 0 Å².